The number of carbonyl (C=O) groups is 2. The maximum atomic E-state index is 12.2. The zero-order chi connectivity index (χ0) is 14.0. The van der Waals surface area contributed by atoms with E-state index in [4.69, 9.17) is 5.11 Å². The van der Waals surface area contributed by atoms with E-state index in [0.29, 0.717) is 5.69 Å². The number of amides is 1. The van der Waals surface area contributed by atoms with Gasteiger partial charge in [0.15, 0.2) is 0 Å². The Labute approximate surface area is 111 Å². The molecule has 102 valence electrons. The van der Waals surface area contributed by atoms with Gasteiger partial charge in [-0.3, -0.25) is 4.79 Å². The number of aromatic carboxylic acids is 1. The highest BCUT2D eigenvalue weighted by Gasteiger charge is 2.36. The summed E-state index contributed by atoms with van der Waals surface area (Å²) < 4.78 is 0. The Kier molecular flexibility index (Phi) is 3.46. The van der Waals surface area contributed by atoms with Crippen LogP contribution in [-0.2, 0) is 4.79 Å². The van der Waals surface area contributed by atoms with Gasteiger partial charge in [-0.15, -0.1) is 0 Å². The molecule has 5 heteroatoms. The molecule has 0 atom stereocenters. The molecule has 0 heterocycles. The first-order valence-corrected chi connectivity index (χ1v) is 6.30. The second-order valence-corrected chi connectivity index (χ2v) is 5.26. The summed E-state index contributed by atoms with van der Waals surface area (Å²) >= 11 is 0. The molecule has 0 aromatic heterocycles. The van der Waals surface area contributed by atoms with E-state index in [1.165, 1.54) is 18.2 Å². The SMILES string of the molecule is CC1(C(=O)Nc2ccc(C(=O)O)c(O)c2)CCCC1. The van der Waals surface area contributed by atoms with Crippen LogP contribution < -0.4 is 5.32 Å². The summed E-state index contributed by atoms with van der Waals surface area (Å²) in [6.45, 7) is 1.93. The third-order valence-corrected chi connectivity index (χ3v) is 3.74. The van der Waals surface area contributed by atoms with Gasteiger partial charge in [0, 0.05) is 17.2 Å². The zero-order valence-electron chi connectivity index (χ0n) is 10.8. The maximum absolute atomic E-state index is 12.2. The molecule has 1 amide bonds. The molecule has 1 fully saturated rings. The van der Waals surface area contributed by atoms with Gasteiger partial charge in [0.1, 0.15) is 11.3 Å². The number of carboxylic acids is 1. The lowest BCUT2D eigenvalue weighted by Crippen LogP contribution is -2.30. The van der Waals surface area contributed by atoms with Crippen molar-refractivity contribution < 1.29 is 19.8 Å². The van der Waals surface area contributed by atoms with E-state index in [1.807, 2.05) is 6.92 Å². The molecule has 1 aromatic carbocycles. The van der Waals surface area contributed by atoms with Gasteiger partial charge in [-0.2, -0.15) is 0 Å². The Bertz CT molecular complexity index is 518. The van der Waals surface area contributed by atoms with Gasteiger partial charge in [-0.25, -0.2) is 4.79 Å². The number of hydrogen-bond acceptors (Lipinski definition) is 3. The van der Waals surface area contributed by atoms with Crippen LogP contribution >= 0.6 is 0 Å². The Balaban J connectivity index is 2.13. The normalized spacial score (nSPS) is 17.1. The van der Waals surface area contributed by atoms with Crippen molar-refractivity contribution >= 4 is 17.6 Å². The molecule has 0 radical (unpaired) electrons. The van der Waals surface area contributed by atoms with Gasteiger partial charge >= 0.3 is 5.97 Å². The van der Waals surface area contributed by atoms with Crippen molar-refractivity contribution in [1.29, 1.82) is 0 Å². The van der Waals surface area contributed by atoms with Crippen LogP contribution in [0.5, 0.6) is 5.75 Å². The summed E-state index contributed by atoms with van der Waals surface area (Å²) in [4.78, 5) is 22.9. The van der Waals surface area contributed by atoms with E-state index >= 15 is 0 Å². The van der Waals surface area contributed by atoms with Crippen molar-refractivity contribution in [2.75, 3.05) is 5.32 Å². The van der Waals surface area contributed by atoms with E-state index in [1.54, 1.807) is 0 Å². The van der Waals surface area contributed by atoms with E-state index in [9.17, 15) is 14.7 Å². The average molecular weight is 263 g/mol. The summed E-state index contributed by atoms with van der Waals surface area (Å²) in [5.74, 6) is -1.62. The van der Waals surface area contributed by atoms with E-state index in [-0.39, 0.29) is 22.6 Å². The number of carboxylic acid groups (broad SMARTS) is 1. The Morgan fingerprint density at radius 3 is 2.42 bits per heavy atom. The number of rotatable bonds is 3. The molecule has 1 aliphatic rings. The molecule has 19 heavy (non-hydrogen) atoms. The lowest BCUT2D eigenvalue weighted by molar-refractivity contribution is -0.124. The summed E-state index contributed by atoms with van der Waals surface area (Å²) in [5.41, 5.74) is -0.119. The Morgan fingerprint density at radius 1 is 1.26 bits per heavy atom. The standard InChI is InChI=1S/C14H17NO4/c1-14(6-2-3-7-14)13(19)15-9-4-5-10(12(17)18)11(16)8-9/h4-5,8,16H,2-3,6-7H2,1H3,(H,15,19)(H,17,18). The highest BCUT2D eigenvalue weighted by Crippen LogP contribution is 2.38. The molecule has 1 saturated carbocycles. The van der Waals surface area contributed by atoms with Gasteiger partial charge in [-0.1, -0.05) is 19.8 Å². The third-order valence-electron chi connectivity index (χ3n) is 3.74. The first-order chi connectivity index (χ1) is 8.92. The van der Waals surface area contributed by atoms with Crippen molar-refractivity contribution in [3.63, 3.8) is 0 Å². The van der Waals surface area contributed by atoms with Crippen molar-refractivity contribution in [2.45, 2.75) is 32.6 Å². The fourth-order valence-corrected chi connectivity index (χ4v) is 2.45. The smallest absolute Gasteiger partial charge is 0.339 e. The highest BCUT2D eigenvalue weighted by atomic mass is 16.4. The summed E-state index contributed by atoms with van der Waals surface area (Å²) in [6, 6.07) is 4.03. The quantitative estimate of drug-likeness (QED) is 0.782. The third kappa shape index (κ3) is 2.70. The lowest BCUT2D eigenvalue weighted by atomic mass is 9.88. The van der Waals surface area contributed by atoms with Crippen LogP contribution in [0.25, 0.3) is 0 Å². The van der Waals surface area contributed by atoms with Gasteiger partial charge in [-0.05, 0) is 25.0 Å². The predicted molar refractivity (Wildman–Crippen MR) is 70.3 cm³/mol. The molecule has 0 saturated heterocycles. The maximum Gasteiger partial charge on any atom is 0.339 e. The van der Waals surface area contributed by atoms with Crippen molar-refractivity contribution in [3.8, 4) is 5.75 Å². The van der Waals surface area contributed by atoms with Crippen molar-refractivity contribution in [2.24, 2.45) is 5.41 Å². The van der Waals surface area contributed by atoms with Gasteiger partial charge < -0.3 is 15.5 Å². The predicted octanol–water partition coefficient (Wildman–Crippen LogP) is 2.61. The minimum Gasteiger partial charge on any atom is -0.507 e. The molecule has 2 rings (SSSR count). The van der Waals surface area contributed by atoms with E-state index in [2.05, 4.69) is 5.32 Å². The first kappa shape index (κ1) is 13.4. The molecule has 0 unspecified atom stereocenters. The fourth-order valence-electron chi connectivity index (χ4n) is 2.45. The van der Waals surface area contributed by atoms with Crippen LogP contribution in [0.2, 0.25) is 0 Å². The zero-order valence-corrected chi connectivity index (χ0v) is 10.8. The van der Waals surface area contributed by atoms with Crippen LogP contribution in [0, 0.1) is 5.41 Å². The van der Waals surface area contributed by atoms with Crippen LogP contribution in [0.1, 0.15) is 43.0 Å². The van der Waals surface area contributed by atoms with Crippen LogP contribution in [0.4, 0.5) is 5.69 Å². The second-order valence-electron chi connectivity index (χ2n) is 5.26. The minimum atomic E-state index is -1.20. The lowest BCUT2D eigenvalue weighted by Gasteiger charge is -2.22. The van der Waals surface area contributed by atoms with Gasteiger partial charge in [0.25, 0.3) is 0 Å². The number of benzene rings is 1. The molecule has 0 spiro atoms. The number of hydrogen-bond donors (Lipinski definition) is 3. The van der Waals surface area contributed by atoms with Crippen LogP contribution in [0.15, 0.2) is 18.2 Å². The molecule has 1 aliphatic carbocycles. The molecule has 1 aromatic rings. The van der Waals surface area contributed by atoms with E-state index in [0.717, 1.165) is 25.7 Å². The Morgan fingerprint density at radius 2 is 1.89 bits per heavy atom. The first-order valence-electron chi connectivity index (χ1n) is 6.30. The largest absolute Gasteiger partial charge is 0.507 e. The summed E-state index contributed by atoms with van der Waals surface area (Å²) in [6.07, 6.45) is 3.82. The van der Waals surface area contributed by atoms with Crippen LogP contribution in [0.3, 0.4) is 0 Å². The number of carbonyl (C=O) groups excluding carboxylic acids is 1. The highest BCUT2D eigenvalue weighted by molar-refractivity contribution is 5.97. The molecule has 0 aliphatic heterocycles. The monoisotopic (exact) mass is 263 g/mol. The number of nitrogens with one attached hydrogen (secondary N) is 1. The number of anilines is 1. The van der Waals surface area contributed by atoms with E-state index < -0.39 is 5.97 Å². The fraction of sp³-hybridized carbons (Fsp3) is 0.429. The molecular weight excluding hydrogens is 246 g/mol. The van der Waals surface area contributed by atoms with Gasteiger partial charge in [0.2, 0.25) is 5.91 Å². The van der Waals surface area contributed by atoms with Crippen LogP contribution in [-0.4, -0.2) is 22.1 Å². The molecule has 3 N–H and O–H groups in total. The van der Waals surface area contributed by atoms with Crippen molar-refractivity contribution in [1.82, 2.24) is 0 Å². The second kappa shape index (κ2) is 4.91. The summed E-state index contributed by atoms with van der Waals surface area (Å²) in [5, 5.41) is 21.1. The molecule has 0 bridgehead atoms. The number of phenols is 1. The molecular formula is C14H17NO4. The summed E-state index contributed by atoms with van der Waals surface area (Å²) in [7, 11) is 0. The van der Waals surface area contributed by atoms with Crippen molar-refractivity contribution in [3.05, 3.63) is 23.8 Å². The minimum absolute atomic E-state index is 0.0764. The average Bonchev–Trinajstić information content (AvgIpc) is 2.77. The number of aromatic hydroxyl groups is 1. The Hall–Kier alpha value is -2.04. The topological polar surface area (TPSA) is 86.6 Å². The van der Waals surface area contributed by atoms with Gasteiger partial charge in [0.05, 0.1) is 0 Å². The molecule has 5 nitrogen and oxygen atoms in total.